The molecule has 32 heavy (non-hydrogen) atoms. The smallest absolute Gasteiger partial charge is 0.234 e. The number of benzene rings is 2. The number of hydrogen-bond donors (Lipinski definition) is 1. The van der Waals surface area contributed by atoms with Gasteiger partial charge in [0.25, 0.3) is 0 Å². The Labute approximate surface area is 206 Å². The quantitative estimate of drug-likeness (QED) is 0.255. The number of amides is 1. The molecule has 1 amide bonds. The normalized spacial score (nSPS) is 11.9. The highest BCUT2D eigenvalue weighted by atomic mass is 35.5. The minimum Gasteiger partial charge on any atom is -0.483 e. The Bertz CT molecular complexity index is 1090. The average molecular weight is 514 g/mol. The number of aromatic nitrogens is 3. The molecule has 0 bridgehead atoms. The molecule has 170 valence electrons. The lowest BCUT2D eigenvalue weighted by Crippen LogP contribution is -2.15. The van der Waals surface area contributed by atoms with Crippen molar-refractivity contribution in [3.8, 4) is 5.75 Å². The van der Waals surface area contributed by atoms with Crippen molar-refractivity contribution in [1.82, 2.24) is 14.8 Å². The number of anilines is 1. The molecule has 0 aliphatic rings. The van der Waals surface area contributed by atoms with Crippen LogP contribution in [0.1, 0.15) is 38.3 Å². The van der Waals surface area contributed by atoms with Crippen molar-refractivity contribution in [3.05, 3.63) is 62.9 Å². The van der Waals surface area contributed by atoms with Gasteiger partial charge in [-0.05, 0) is 50.1 Å². The topological polar surface area (TPSA) is 69.0 Å². The van der Waals surface area contributed by atoms with Crippen LogP contribution >= 0.6 is 46.6 Å². The summed E-state index contributed by atoms with van der Waals surface area (Å²) in [7, 11) is 0. The maximum atomic E-state index is 12.4. The van der Waals surface area contributed by atoms with E-state index in [2.05, 4.69) is 22.4 Å². The lowest BCUT2D eigenvalue weighted by molar-refractivity contribution is -0.113. The van der Waals surface area contributed by atoms with Crippen LogP contribution in [0.15, 0.2) is 41.6 Å². The fourth-order valence-electron chi connectivity index (χ4n) is 3.00. The van der Waals surface area contributed by atoms with Gasteiger partial charge in [0.1, 0.15) is 5.75 Å². The standard InChI is InChI=1S/C22H23Cl3N4O2S/c1-4-14-6-8-15(9-7-14)31-13(3)21-27-28-22(29(21)5-2)32-12-20(30)26-19-11-17(24)16(23)10-18(19)25/h6-11,13H,4-5,12H2,1-3H3,(H,26,30). The third kappa shape index (κ3) is 6.10. The molecule has 1 atom stereocenters. The highest BCUT2D eigenvalue weighted by molar-refractivity contribution is 7.99. The highest BCUT2D eigenvalue weighted by Gasteiger charge is 2.20. The molecule has 1 N–H and O–H groups in total. The Balaban J connectivity index is 1.64. The number of ether oxygens (including phenoxy) is 1. The average Bonchev–Trinajstić information content (AvgIpc) is 3.19. The van der Waals surface area contributed by atoms with Crippen molar-refractivity contribution < 1.29 is 9.53 Å². The van der Waals surface area contributed by atoms with E-state index in [1.807, 2.05) is 42.7 Å². The van der Waals surface area contributed by atoms with Crippen LogP contribution in [0.25, 0.3) is 0 Å². The summed E-state index contributed by atoms with van der Waals surface area (Å²) in [5.74, 6) is 1.35. The predicted octanol–water partition coefficient (Wildman–Crippen LogP) is 6.69. The lowest BCUT2D eigenvalue weighted by Gasteiger charge is -2.16. The summed E-state index contributed by atoms with van der Waals surface area (Å²) in [5.41, 5.74) is 1.65. The zero-order valence-corrected chi connectivity index (χ0v) is 20.9. The number of carbonyl (C=O) groups excluding carboxylic acids is 1. The van der Waals surface area contributed by atoms with Crippen molar-refractivity contribution in [1.29, 1.82) is 0 Å². The second kappa shape index (κ2) is 11.3. The van der Waals surface area contributed by atoms with E-state index in [9.17, 15) is 4.79 Å². The number of halogens is 3. The van der Waals surface area contributed by atoms with Gasteiger partial charge in [-0.2, -0.15) is 0 Å². The highest BCUT2D eigenvalue weighted by Crippen LogP contribution is 2.32. The Morgan fingerprint density at radius 3 is 2.44 bits per heavy atom. The second-order valence-electron chi connectivity index (χ2n) is 6.93. The first-order valence-corrected chi connectivity index (χ1v) is 12.2. The Morgan fingerprint density at radius 2 is 1.78 bits per heavy atom. The Kier molecular flexibility index (Phi) is 8.71. The lowest BCUT2D eigenvalue weighted by atomic mass is 10.2. The van der Waals surface area contributed by atoms with E-state index in [-0.39, 0.29) is 17.8 Å². The fourth-order valence-corrected chi connectivity index (χ4v) is 4.40. The van der Waals surface area contributed by atoms with Crippen LogP contribution in [-0.2, 0) is 17.8 Å². The number of thioether (sulfide) groups is 1. The van der Waals surface area contributed by atoms with Crippen molar-refractivity contribution >= 4 is 58.2 Å². The summed E-state index contributed by atoms with van der Waals surface area (Å²) in [4.78, 5) is 12.4. The maximum absolute atomic E-state index is 12.4. The van der Waals surface area contributed by atoms with Gasteiger partial charge < -0.3 is 14.6 Å². The van der Waals surface area contributed by atoms with Gasteiger partial charge >= 0.3 is 0 Å². The van der Waals surface area contributed by atoms with Crippen LogP contribution in [0.3, 0.4) is 0 Å². The number of nitrogens with zero attached hydrogens (tertiary/aromatic N) is 3. The molecule has 0 saturated heterocycles. The van der Waals surface area contributed by atoms with Gasteiger partial charge in [-0.15, -0.1) is 10.2 Å². The molecule has 0 aliphatic heterocycles. The van der Waals surface area contributed by atoms with E-state index >= 15 is 0 Å². The Morgan fingerprint density at radius 1 is 1.09 bits per heavy atom. The molecule has 0 fully saturated rings. The first kappa shape index (κ1) is 24.7. The third-order valence-corrected chi connectivity index (χ3v) is 6.69. The zero-order valence-electron chi connectivity index (χ0n) is 17.9. The summed E-state index contributed by atoms with van der Waals surface area (Å²) in [6, 6.07) is 11.0. The molecule has 1 unspecified atom stereocenters. The first-order chi connectivity index (χ1) is 15.3. The molecule has 10 heteroatoms. The molecule has 3 rings (SSSR count). The summed E-state index contributed by atoms with van der Waals surface area (Å²) >= 11 is 19.3. The van der Waals surface area contributed by atoms with Gasteiger partial charge in [-0.1, -0.05) is 65.6 Å². The fraction of sp³-hybridized carbons (Fsp3) is 0.318. The van der Waals surface area contributed by atoms with Gasteiger partial charge in [0.15, 0.2) is 17.1 Å². The second-order valence-corrected chi connectivity index (χ2v) is 9.09. The summed E-state index contributed by atoms with van der Waals surface area (Å²) in [6.07, 6.45) is 0.680. The van der Waals surface area contributed by atoms with Gasteiger partial charge in [-0.25, -0.2) is 0 Å². The SMILES string of the molecule is CCc1ccc(OC(C)c2nnc(SCC(=O)Nc3cc(Cl)c(Cl)cc3Cl)n2CC)cc1. The van der Waals surface area contributed by atoms with Gasteiger partial charge in [0, 0.05) is 6.54 Å². The van der Waals surface area contributed by atoms with Crippen molar-refractivity contribution in [2.24, 2.45) is 0 Å². The monoisotopic (exact) mass is 512 g/mol. The number of carbonyl (C=O) groups is 1. The van der Waals surface area contributed by atoms with E-state index < -0.39 is 0 Å². The molecule has 0 aliphatic carbocycles. The number of hydrogen-bond acceptors (Lipinski definition) is 5. The molecular weight excluding hydrogens is 491 g/mol. The number of nitrogens with one attached hydrogen (secondary N) is 1. The van der Waals surface area contributed by atoms with Crippen LogP contribution < -0.4 is 10.1 Å². The number of aryl methyl sites for hydroxylation is 1. The molecule has 2 aromatic carbocycles. The zero-order chi connectivity index (χ0) is 23.3. The van der Waals surface area contributed by atoms with E-state index in [4.69, 9.17) is 39.5 Å². The van der Waals surface area contributed by atoms with Crippen molar-refractivity contribution in [2.75, 3.05) is 11.1 Å². The summed E-state index contributed by atoms with van der Waals surface area (Å²) in [5, 5.41) is 12.9. The predicted molar refractivity (Wildman–Crippen MR) is 131 cm³/mol. The van der Waals surface area contributed by atoms with Crippen LogP contribution in [-0.4, -0.2) is 26.4 Å². The van der Waals surface area contributed by atoms with E-state index in [0.717, 1.165) is 12.2 Å². The molecule has 0 spiro atoms. The van der Waals surface area contributed by atoms with Gasteiger partial charge in [-0.3, -0.25) is 4.79 Å². The molecular formula is C22H23Cl3N4O2S. The van der Waals surface area contributed by atoms with Crippen LogP contribution in [0.5, 0.6) is 5.75 Å². The molecule has 1 heterocycles. The summed E-state index contributed by atoms with van der Waals surface area (Å²) in [6.45, 7) is 6.68. The number of rotatable bonds is 9. The van der Waals surface area contributed by atoms with Crippen molar-refractivity contribution in [3.63, 3.8) is 0 Å². The van der Waals surface area contributed by atoms with Gasteiger partial charge in [0.2, 0.25) is 5.91 Å². The molecule has 0 radical (unpaired) electrons. The maximum Gasteiger partial charge on any atom is 0.234 e. The first-order valence-electron chi connectivity index (χ1n) is 10.1. The van der Waals surface area contributed by atoms with Gasteiger partial charge in [0.05, 0.1) is 26.5 Å². The molecule has 0 saturated carbocycles. The minimum absolute atomic E-state index is 0.127. The third-order valence-electron chi connectivity index (χ3n) is 4.69. The molecule has 3 aromatic rings. The van der Waals surface area contributed by atoms with E-state index in [0.29, 0.717) is 38.3 Å². The minimum atomic E-state index is -0.298. The van der Waals surface area contributed by atoms with Crippen LogP contribution in [0.4, 0.5) is 5.69 Å². The molecule has 6 nitrogen and oxygen atoms in total. The largest absolute Gasteiger partial charge is 0.483 e. The van der Waals surface area contributed by atoms with E-state index in [1.165, 1.54) is 29.5 Å². The molecule has 1 aromatic heterocycles. The van der Waals surface area contributed by atoms with Crippen LogP contribution in [0, 0.1) is 0 Å². The Hall–Kier alpha value is -1.93. The van der Waals surface area contributed by atoms with Crippen LogP contribution in [0.2, 0.25) is 15.1 Å². The van der Waals surface area contributed by atoms with E-state index in [1.54, 1.807) is 0 Å². The van der Waals surface area contributed by atoms with Crippen molar-refractivity contribution in [2.45, 2.75) is 45.0 Å². The summed E-state index contributed by atoms with van der Waals surface area (Å²) < 4.78 is 7.98.